The molecule has 4 heteroatoms. The van der Waals surface area contributed by atoms with Crippen molar-refractivity contribution in [3.05, 3.63) is 93.3 Å². The van der Waals surface area contributed by atoms with Crippen molar-refractivity contribution in [2.24, 2.45) is 0 Å². The van der Waals surface area contributed by atoms with Crippen LogP contribution in [0, 0.1) is 0 Å². The highest BCUT2D eigenvalue weighted by Gasteiger charge is 2.24. The van der Waals surface area contributed by atoms with Crippen molar-refractivity contribution in [2.75, 3.05) is 0 Å². The molecule has 1 aliphatic rings. The van der Waals surface area contributed by atoms with E-state index >= 15 is 0 Å². The van der Waals surface area contributed by atoms with Crippen LogP contribution < -0.4 is 10.6 Å². The summed E-state index contributed by atoms with van der Waals surface area (Å²) in [6.45, 7) is 1.91. The van der Waals surface area contributed by atoms with Gasteiger partial charge in [0.15, 0.2) is 0 Å². The summed E-state index contributed by atoms with van der Waals surface area (Å²) in [5.41, 5.74) is 5.27. The number of hydrogen-bond donors (Lipinski definition) is 2. The fourth-order valence-electron chi connectivity index (χ4n) is 4.59. The normalized spacial score (nSPS) is 18.6. The van der Waals surface area contributed by atoms with Crippen molar-refractivity contribution in [3.63, 3.8) is 0 Å². The second-order valence-electron chi connectivity index (χ2n) is 8.59. The molecule has 1 saturated carbocycles. The summed E-state index contributed by atoms with van der Waals surface area (Å²) < 4.78 is 0. The highest BCUT2D eigenvalue weighted by atomic mass is 32.1. The summed E-state index contributed by atoms with van der Waals surface area (Å²) in [5.74, 6) is 0. The predicted octanol–water partition coefficient (Wildman–Crippen LogP) is 7.33. The van der Waals surface area contributed by atoms with E-state index in [1.54, 1.807) is 0 Å². The Morgan fingerprint density at radius 3 is 1.47 bits per heavy atom. The van der Waals surface area contributed by atoms with Gasteiger partial charge in [0.05, 0.1) is 0 Å². The molecule has 4 aromatic rings. The average molecular weight is 459 g/mol. The quantitative estimate of drug-likeness (QED) is 0.289. The zero-order valence-electron chi connectivity index (χ0n) is 18.3. The molecule has 0 radical (unpaired) electrons. The van der Waals surface area contributed by atoms with E-state index in [-0.39, 0.29) is 0 Å². The van der Waals surface area contributed by atoms with Gasteiger partial charge in [-0.05, 0) is 58.0 Å². The first-order valence-electron chi connectivity index (χ1n) is 11.6. The van der Waals surface area contributed by atoms with Crippen LogP contribution in [0.15, 0.2) is 83.6 Å². The smallest absolute Gasteiger partial charge is 0.0303 e. The third-order valence-corrected chi connectivity index (χ3v) is 8.24. The molecule has 2 atom stereocenters. The van der Waals surface area contributed by atoms with E-state index < -0.39 is 0 Å². The van der Waals surface area contributed by atoms with Crippen molar-refractivity contribution >= 4 is 22.7 Å². The van der Waals surface area contributed by atoms with Crippen LogP contribution in [0.5, 0.6) is 0 Å². The summed E-state index contributed by atoms with van der Waals surface area (Å²) in [6, 6.07) is 27.1. The average Bonchev–Trinajstić information content (AvgIpc) is 3.53. The van der Waals surface area contributed by atoms with E-state index in [1.165, 1.54) is 57.7 Å². The van der Waals surface area contributed by atoms with Gasteiger partial charge in [0.25, 0.3) is 0 Å². The lowest BCUT2D eigenvalue weighted by Crippen LogP contribution is -2.49. The molecule has 2 aromatic carbocycles. The molecule has 0 bridgehead atoms. The third kappa shape index (κ3) is 5.38. The van der Waals surface area contributed by atoms with Gasteiger partial charge in [-0.2, -0.15) is 0 Å². The number of thiophene rings is 2. The number of rotatable bonds is 8. The molecule has 0 amide bonds. The molecule has 5 rings (SSSR count). The summed E-state index contributed by atoms with van der Waals surface area (Å²) >= 11 is 3.73. The Hall–Kier alpha value is -2.24. The second kappa shape index (κ2) is 10.6. The topological polar surface area (TPSA) is 24.1 Å². The predicted molar refractivity (Wildman–Crippen MR) is 139 cm³/mol. The van der Waals surface area contributed by atoms with Crippen LogP contribution in [-0.2, 0) is 13.1 Å². The molecule has 2 nitrogen and oxygen atoms in total. The number of nitrogens with one attached hydrogen (secondary N) is 2. The monoisotopic (exact) mass is 458 g/mol. The highest BCUT2D eigenvalue weighted by Crippen LogP contribution is 2.28. The Balaban J connectivity index is 1.16. The van der Waals surface area contributed by atoms with Crippen LogP contribution in [0.25, 0.3) is 22.3 Å². The van der Waals surface area contributed by atoms with Crippen LogP contribution in [0.1, 0.15) is 35.4 Å². The molecule has 2 heterocycles. The van der Waals surface area contributed by atoms with Gasteiger partial charge in [-0.1, -0.05) is 73.5 Å². The third-order valence-electron chi connectivity index (χ3n) is 6.36. The lowest BCUT2D eigenvalue weighted by Gasteiger charge is -2.33. The number of hydrogen-bond acceptors (Lipinski definition) is 4. The van der Waals surface area contributed by atoms with Gasteiger partial charge in [-0.15, -0.1) is 22.7 Å². The van der Waals surface area contributed by atoms with Crippen LogP contribution in [0.3, 0.4) is 0 Å². The zero-order valence-corrected chi connectivity index (χ0v) is 19.9. The van der Waals surface area contributed by atoms with Crippen LogP contribution in [0.4, 0.5) is 0 Å². The minimum atomic E-state index is 0.541. The highest BCUT2D eigenvalue weighted by molar-refractivity contribution is 7.10. The lowest BCUT2D eigenvalue weighted by molar-refractivity contribution is 0.282. The van der Waals surface area contributed by atoms with Gasteiger partial charge in [0, 0.05) is 34.9 Å². The van der Waals surface area contributed by atoms with Crippen molar-refractivity contribution < 1.29 is 0 Å². The SMILES string of the molecule is c1ccc(-c2csc(CN[C@H]3CCCC[C@@H]3NCc3cc(-c4ccccc4)cs3)c2)cc1. The Morgan fingerprint density at radius 2 is 1.03 bits per heavy atom. The maximum absolute atomic E-state index is 3.87. The zero-order chi connectivity index (χ0) is 21.6. The summed E-state index contributed by atoms with van der Waals surface area (Å²) in [4.78, 5) is 2.83. The largest absolute Gasteiger partial charge is 0.308 e. The van der Waals surface area contributed by atoms with Crippen LogP contribution >= 0.6 is 22.7 Å². The van der Waals surface area contributed by atoms with Gasteiger partial charge in [0.1, 0.15) is 0 Å². The van der Waals surface area contributed by atoms with E-state index in [9.17, 15) is 0 Å². The van der Waals surface area contributed by atoms with Gasteiger partial charge >= 0.3 is 0 Å². The fourth-order valence-corrected chi connectivity index (χ4v) is 6.28. The van der Waals surface area contributed by atoms with Gasteiger partial charge < -0.3 is 10.6 Å². The van der Waals surface area contributed by atoms with Crippen molar-refractivity contribution in [1.29, 1.82) is 0 Å². The second-order valence-corrected chi connectivity index (χ2v) is 10.6. The molecule has 1 fully saturated rings. The van der Waals surface area contributed by atoms with Gasteiger partial charge in [0.2, 0.25) is 0 Å². The van der Waals surface area contributed by atoms with Crippen molar-refractivity contribution in [3.8, 4) is 22.3 Å². The van der Waals surface area contributed by atoms with E-state index in [4.69, 9.17) is 0 Å². The fraction of sp³-hybridized carbons (Fsp3) is 0.286. The summed E-state index contributed by atoms with van der Waals surface area (Å²) in [7, 11) is 0. The van der Waals surface area contributed by atoms with E-state index in [0.29, 0.717) is 12.1 Å². The van der Waals surface area contributed by atoms with Crippen molar-refractivity contribution in [2.45, 2.75) is 50.9 Å². The molecule has 32 heavy (non-hydrogen) atoms. The standard InChI is InChI=1S/C28H30N2S2/c1-3-9-21(10-4-1)23-15-25(31-19-23)17-29-27-13-7-8-14-28(27)30-18-26-16-24(20-32-26)22-11-5-2-6-12-22/h1-6,9-12,15-16,19-20,27-30H,7-8,13-14,17-18H2/t27-,28-/m0/s1. The van der Waals surface area contributed by atoms with E-state index in [2.05, 4.69) is 94.2 Å². The van der Waals surface area contributed by atoms with Crippen LogP contribution in [-0.4, -0.2) is 12.1 Å². The Morgan fingerprint density at radius 1 is 0.594 bits per heavy atom. The first kappa shape index (κ1) is 21.6. The minimum absolute atomic E-state index is 0.541. The molecule has 2 aromatic heterocycles. The molecule has 164 valence electrons. The maximum Gasteiger partial charge on any atom is 0.0303 e. The Kier molecular flexibility index (Phi) is 7.14. The molecule has 0 aliphatic heterocycles. The molecule has 0 spiro atoms. The first-order valence-corrected chi connectivity index (χ1v) is 13.3. The Bertz CT molecular complexity index is 1010. The molecule has 0 unspecified atom stereocenters. The Labute approximate surface area is 199 Å². The summed E-state index contributed by atoms with van der Waals surface area (Å²) in [5, 5.41) is 12.3. The maximum atomic E-state index is 3.87. The minimum Gasteiger partial charge on any atom is -0.308 e. The number of benzene rings is 2. The molecular weight excluding hydrogens is 428 g/mol. The molecule has 2 N–H and O–H groups in total. The van der Waals surface area contributed by atoms with Crippen LogP contribution in [0.2, 0.25) is 0 Å². The molecule has 0 saturated heterocycles. The van der Waals surface area contributed by atoms with E-state index in [0.717, 1.165) is 13.1 Å². The van der Waals surface area contributed by atoms with Gasteiger partial charge in [-0.3, -0.25) is 0 Å². The van der Waals surface area contributed by atoms with E-state index in [1.807, 2.05) is 22.7 Å². The molecule has 1 aliphatic carbocycles. The van der Waals surface area contributed by atoms with Crippen molar-refractivity contribution in [1.82, 2.24) is 10.6 Å². The summed E-state index contributed by atoms with van der Waals surface area (Å²) in [6.07, 6.45) is 5.17. The van der Waals surface area contributed by atoms with Gasteiger partial charge in [-0.25, -0.2) is 0 Å². The first-order chi connectivity index (χ1) is 15.8. The lowest BCUT2D eigenvalue weighted by atomic mass is 9.90. The molecular formula is C28H30N2S2.